The van der Waals surface area contributed by atoms with E-state index in [9.17, 15) is 0 Å². The summed E-state index contributed by atoms with van der Waals surface area (Å²) in [5.41, 5.74) is 5.75. The second-order valence-electron chi connectivity index (χ2n) is 9.08. The highest BCUT2D eigenvalue weighted by atomic mass is 14.2. The second kappa shape index (κ2) is 14.7. The zero-order valence-corrected chi connectivity index (χ0v) is 19.4. The van der Waals surface area contributed by atoms with E-state index in [0.717, 1.165) is 12.3 Å². The lowest BCUT2D eigenvalue weighted by molar-refractivity contribution is 0.479. The molecule has 0 nitrogen and oxygen atoms in total. The van der Waals surface area contributed by atoms with Crippen molar-refractivity contribution in [1.29, 1.82) is 0 Å². The summed E-state index contributed by atoms with van der Waals surface area (Å²) in [6, 6.07) is 0. The summed E-state index contributed by atoms with van der Waals surface area (Å²) < 4.78 is 0. The van der Waals surface area contributed by atoms with Crippen LogP contribution in [0.2, 0.25) is 0 Å². The van der Waals surface area contributed by atoms with Gasteiger partial charge in [-0.25, -0.2) is 0 Å². The summed E-state index contributed by atoms with van der Waals surface area (Å²) in [6.07, 6.45) is 24.3. The molecule has 1 aliphatic carbocycles. The van der Waals surface area contributed by atoms with Gasteiger partial charge < -0.3 is 0 Å². The van der Waals surface area contributed by atoms with Crippen LogP contribution in [0.25, 0.3) is 0 Å². The van der Waals surface area contributed by atoms with Gasteiger partial charge >= 0.3 is 0 Å². The lowest BCUT2D eigenvalue weighted by Gasteiger charge is -2.21. The Bertz CT molecular complexity index is 553. The Morgan fingerprint density at radius 3 is 2.39 bits per heavy atom. The smallest absolute Gasteiger partial charge is 0.00916 e. The van der Waals surface area contributed by atoms with Crippen molar-refractivity contribution in [1.82, 2.24) is 0 Å². The van der Waals surface area contributed by atoms with Crippen molar-refractivity contribution in [2.24, 2.45) is 11.8 Å². The number of rotatable bonds is 15. The standard InChI is InChI=1S/C28H46/c1-7-13-24(5)15-10-9-11-17-27(14-8-2)25(6)28-18-12-16-26(21-22-28)20-19-23(3)4/h12,16,21-23,27H,5-11,13-15,17-20H2,1-4H3. The van der Waals surface area contributed by atoms with Gasteiger partial charge in [-0.3, -0.25) is 0 Å². The van der Waals surface area contributed by atoms with Crippen LogP contribution in [-0.2, 0) is 0 Å². The fourth-order valence-corrected chi connectivity index (χ4v) is 4.05. The molecule has 0 amide bonds. The quantitative estimate of drug-likeness (QED) is 0.195. The van der Waals surface area contributed by atoms with Crippen molar-refractivity contribution in [3.8, 4) is 0 Å². The molecule has 28 heavy (non-hydrogen) atoms. The molecule has 0 heteroatoms. The lowest BCUT2D eigenvalue weighted by Crippen LogP contribution is -2.06. The Kier molecular flexibility index (Phi) is 13.0. The van der Waals surface area contributed by atoms with Crippen molar-refractivity contribution in [3.05, 3.63) is 59.8 Å². The highest BCUT2D eigenvalue weighted by molar-refractivity contribution is 5.40. The molecule has 1 unspecified atom stereocenters. The van der Waals surface area contributed by atoms with Crippen molar-refractivity contribution < 1.29 is 0 Å². The summed E-state index contributed by atoms with van der Waals surface area (Å²) in [5.74, 6) is 1.41. The second-order valence-corrected chi connectivity index (χ2v) is 9.08. The third-order valence-electron chi connectivity index (χ3n) is 5.91. The van der Waals surface area contributed by atoms with Gasteiger partial charge in [0.1, 0.15) is 0 Å². The molecular formula is C28H46. The van der Waals surface area contributed by atoms with E-state index in [1.165, 1.54) is 92.9 Å². The van der Waals surface area contributed by atoms with Gasteiger partial charge in [0.25, 0.3) is 0 Å². The molecule has 0 saturated carbocycles. The van der Waals surface area contributed by atoms with E-state index in [4.69, 9.17) is 0 Å². The molecule has 0 aliphatic heterocycles. The Balaban J connectivity index is 2.54. The maximum atomic E-state index is 4.54. The molecule has 0 aromatic heterocycles. The summed E-state index contributed by atoms with van der Waals surface area (Å²) in [6.45, 7) is 17.9. The van der Waals surface area contributed by atoms with E-state index in [2.05, 4.69) is 65.2 Å². The lowest BCUT2D eigenvalue weighted by atomic mass is 9.84. The van der Waals surface area contributed by atoms with Crippen molar-refractivity contribution >= 4 is 0 Å². The van der Waals surface area contributed by atoms with Crippen LogP contribution in [0.4, 0.5) is 0 Å². The van der Waals surface area contributed by atoms with Gasteiger partial charge in [-0.15, -0.1) is 0 Å². The first-order valence-corrected chi connectivity index (χ1v) is 11.9. The molecule has 0 fully saturated rings. The van der Waals surface area contributed by atoms with Crippen LogP contribution in [0.15, 0.2) is 59.8 Å². The van der Waals surface area contributed by atoms with Crippen molar-refractivity contribution in [2.45, 2.75) is 105 Å². The monoisotopic (exact) mass is 382 g/mol. The van der Waals surface area contributed by atoms with Crippen LogP contribution in [0.1, 0.15) is 105 Å². The molecule has 0 heterocycles. The topological polar surface area (TPSA) is 0 Å². The number of hydrogen-bond donors (Lipinski definition) is 0. The summed E-state index contributed by atoms with van der Waals surface area (Å²) in [5, 5.41) is 0. The van der Waals surface area contributed by atoms with E-state index in [1.54, 1.807) is 0 Å². The number of hydrogen-bond acceptors (Lipinski definition) is 0. The third-order valence-corrected chi connectivity index (χ3v) is 5.91. The minimum absolute atomic E-state index is 0.647. The highest BCUT2D eigenvalue weighted by Crippen LogP contribution is 2.31. The predicted molar refractivity (Wildman–Crippen MR) is 129 cm³/mol. The molecule has 1 aliphatic rings. The first-order valence-electron chi connectivity index (χ1n) is 11.9. The van der Waals surface area contributed by atoms with Gasteiger partial charge in [-0.05, 0) is 79.9 Å². The molecule has 0 saturated heterocycles. The van der Waals surface area contributed by atoms with Crippen LogP contribution in [-0.4, -0.2) is 0 Å². The van der Waals surface area contributed by atoms with E-state index < -0.39 is 0 Å². The molecule has 0 bridgehead atoms. The van der Waals surface area contributed by atoms with Gasteiger partial charge in [-0.1, -0.05) is 96.4 Å². The van der Waals surface area contributed by atoms with Gasteiger partial charge in [0.05, 0.1) is 0 Å². The molecule has 0 spiro atoms. The first-order chi connectivity index (χ1) is 13.5. The minimum Gasteiger partial charge on any atom is -0.0999 e. The fourth-order valence-electron chi connectivity index (χ4n) is 4.05. The molecular weight excluding hydrogens is 336 g/mol. The molecule has 0 aromatic carbocycles. The summed E-state index contributed by atoms with van der Waals surface area (Å²) in [4.78, 5) is 0. The summed E-state index contributed by atoms with van der Waals surface area (Å²) >= 11 is 0. The van der Waals surface area contributed by atoms with Crippen LogP contribution >= 0.6 is 0 Å². The van der Waals surface area contributed by atoms with Gasteiger partial charge in [-0.2, -0.15) is 0 Å². The highest BCUT2D eigenvalue weighted by Gasteiger charge is 2.15. The van der Waals surface area contributed by atoms with Crippen LogP contribution < -0.4 is 0 Å². The Hall–Kier alpha value is -1.30. The number of unbranched alkanes of at least 4 members (excludes halogenated alkanes) is 2. The van der Waals surface area contributed by atoms with Gasteiger partial charge in [0, 0.05) is 0 Å². The minimum atomic E-state index is 0.647. The fraction of sp³-hybridized carbons (Fsp3) is 0.643. The zero-order chi connectivity index (χ0) is 20.8. The Morgan fingerprint density at radius 1 is 0.929 bits per heavy atom. The predicted octanol–water partition coefficient (Wildman–Crippen LogP) is 9.51. The average Bonchev–Trinajstić information content (AvgIpc) is 2.90. The molecule has 1 rings (SSSR count). The average molecular weight is 383 g/mol. The summed E-state index contributed by atoms with van der Waals surface area (Å²) in [7, 11) is 0. The normalized spacial score (nSPS) is 15.2. The van der Waals surface area contributed by atoms with E-state index in [-0.39, 0.29) is 0 Å². The number of allylic oxidation sites excluding steroid dienone is 8. The van der Waals surface area contributed by atoms with Crippen LogP contribution in [0.5, 0.6) is 0 Å². The van der Waals surface area contributed by atoms with Crippen LogP contribution in [0, 0.1) is 11.8 Å². The van der Waals surface area contributed by atoms with Gasteiger partial charge in [0.15, 0.2) is 0 Å². The largest absolute Gasteiger partial charge is 0.0999 e. The first kappa shape index (κ1) is 24.7. The van der Waals surface area contributed by atoms with Gasteiger partial charge in [0.2, 0.25) is 0 Å². The Morgan fingerprint density at radius 2 is 1.71 bits per heavy atom. The Labute approximate surface area is 176 Å². The van der Waals surface area contributed by atoms with Crippen LogP contribution in [0.3, 0.4) is 0 Å². The molecule has 0 N–H and O–H groups in total. The molecule has 158 valence electrons. The van der Waals surface area contributed by atoms with E-state index in [0.29, 0.717) is 5.92 Å². The van der Waals surface area contributed by atoms with Crippen molar-refractivity contribution in [3.63, 3.8) is 0 Å². The molecule has 0 radical (unpaired) electrons. The van der Waals surface area contributed by atoms with E-state index in [1.807, 2.05) is 0 Å². The SMILES string of the molecule is C=C(CCC)CCCCCC(CCC)C(=C)C1=CC=C(CCC(C)C)C=CC1. The zero-order valence-electron chi connectivity index (χ0n) is 19.4. The molecule has 0 aromatic rings. The third kappa shape index (κ3) is 10.3. The van der Waals surface area contributed by atoms with Crippen molar-refractivity contribution in [2.75, 3.05) is 0 Å². The van der Waals surface area contributed by atoms with E-state index >= 15 is 0 Å². The molecule has 1 atom stereocenters. The maximum Gasteiger partial charge on any atom is -0.00916 e. The maximum absolute atomic E-state index is 4.54.